The Morgan fingerprint density at radius 2 is 1.55 bits per heavy atom. The molecule has 1 unspecified atom stereocenters. The average Bonchev–Trinajstić information content (AvgIpc) is 2.46. The van der Waals surface area contributed by atoms with E-state index in [2.05, 4.69) is 0 Å². The normalized spacial score (nSPS) is 11.8. The van der Waals surface area contributed by atoms with Crippen LogP contribution in [-0.2, 0) is 0 Å². The minimum absolute atomic E-state index is 0.0574. The Labute approximate surface area is 117 Å². The number of amides is 2. The van der Waals surface area contributed by atoms with E-state index < -0.39 is 11.8 Å². The molecule has 2 aromatic rings. The number of hydrogen-bond acceptors (Lipinski definition) is 2. The maximum atomic E-state index is 11.7. The van der Waals surface area contributed by atoms with E-state index in [1.54, 1.807) is 12.1 Å². The fraction of sp³-hybridized carbons (Fsp3) is 0.125. The minimum Gasteiger partial charge on any atom is -0.366 e. The summed E-state index contributed by atoms with van der Waals surface area (Å²) in [5.41, 5.74) is 12.9. The van der Waals surface area contributed by atoms with Crippen LogP contribution in [0.15, 0.2) is 48.5 Å². The van der Waals surface area contributed by atoms with Crippen LogP contribution in [0.25, 0.3) is 0 Å². The fourth-order valence-corrected chi connectivity index (χ4v) is 2.33. The van der Waals surface area contributed by atoms with Crippen molar-refractivity contribution in [3.8, 4) is 0 Å². The Hall–Kier alpha value is -2.62. The molecule has 0 bridgehead atoms. The van der Waals surface area contributed by atoms with Gasteiger partial charge in [-0.3, -0.25) is 9.59 Å². The number of rotatable bonds is 4. The summed E-state index contributed by atoms with van der Waals surface area (Å²) in [7, 11) is 0. The zero-order chi connectivity index (χ0) is 14.7. The van der Waals surface area contributed by atoms with Gasteiger partial charge in [0, 0.05) is 5.92 Å². The Kier molecular flexibility index (Phi) is 3.84. The molecule has 4 N–H and O–H groups in total. The van der Waals surface area contributed by atoms with Gasteiger partial charge in [0.05, 0.1) is 11.1 Å². The monoisotopic (exact) mass is 268 g/mol. The van der Waals surface area contributed by atoms with Crippen molar-refractivity contribution in [3.05, 3.63) is 70.8 Å². The lowest BCUT2D eigenvalue weighted by Gasteiger charge is -2.17. The summed E-state index contributed by atoms with van der Waals surface area (Å²) in [6.45, 7) is 1.96. The molecule has 20 heavy (non-hydrogen) atoms. The molecule has 1 atom stereocenters. The SMILES string of the molecule is CC(c1ccccc1)c1cccc(C(N)=O)c1C(N)=O. The zero-order valence-electron chi connectivity index (χ0n) is 11.2. The van der Waals surface area contributed by atoms with Gasteiger partial charge in [0.25, 0.3) is 0 Å². The third-order valence-electron chi connectivity index (χ3n) is 3.37. The van der Waals surface area contributed by atoms with Crippen molar-refractivity contribution in [2.75, 3.05) is 0 Å². The first-order valence-electron chi connectivity index (χ1n) is 6.29. The Morgan fingerprint density at radius 1 is 0.900 bits per heavy atom. The van der Waals surface area contributed by atoms with Gasteiger partial charge in [0.15, 0.2) is 0 Å². The first-order valence-corrected chi connectivity index (χ1v) is 6.29. The third-order valence-corrected chi connectivity index (χ3v) is 3.37. The van der Waals surface area contributed by atoms with Crippen LogP contribution >= 0.6 is 0 Å². The molecule has 0 saturated heterocycles. The number of carbonyl (C=O) groups is 2. The van der Waals surface area contributed by atoms with E-state index in [4.69, 9.17) is 11.5 Å². The second kappa shape index (κ2) is 5.57. The standard InChI is InChI=1S/C16H16N2O2/c1-10(11-6-3-2-4-7-11)12-8-5-9-13(15(17)19)14(12)16(18)20/h2-10H,1H3,(H2,17,19)(H2,18,20). The summed E-state index contributed by atoms with van der Waals surface area (Å²) < 4.78 is 0. The van der Waals surface area contributed by atoms with Crippen LogP contribution in [-0.4, -0.2) is 11.8 Å². The van der Waals surface area contributed by atoms with Crippen molar-refractivity contribution < 1.29 is 9.59 Å². The van der Waals surface area contributed by atoms with Gasteiger partial charge in [-0.15, -0.1) is 0 Å². The maximum absolute atomic E-state index is 11.7. The van der Waals surface area contributed by atoms with Crippen LogP contribution in [0, 0.1) is 0 Å². The molecule has 0 spiro atoms. The van der Waals surface area contributed by atoms with Crippen LogP contribution in [0.2, 0.25) is 0 Å². The topological polar surface area (TPSA) is 86.2 Å². The van der Waals surface area contributed by atoms with Crippen molar-refractivity contribution in [3.63, 3.8) is 0 Å². The van der Waals surface area contributed by atoms with Crippen LogP contribution in [0.5, 0.6) is 0 Å². The van der Waals surface area contributed by atoms with Gasteiger partial charge in [0.1, 0.15) is 0 Å². The molecule has 0 heterocycles. The summed E-state index contributed by atoms with van der Waals surface area (Å²) in [6, 6.07) is 14.7. The van der Waals surface area contributed by atoms with E-state index in [1.807, 2.05) is 37.3 Å². The predicted molar refractivity (Wildman–Crippen MR) is 77.4 cm³/mol. The highest BCUT2D eigenvalue weighted by Gasteiger charge is 2.21. The molecule has 4 nitrogen and oxygen atoms in total. The summed E-state index contributed by atoms with van der Waals surface area (Å²) >= 11 is 0. The van der Waals surface area contributed by atoms with Crippen molar-refractivity contribution in [1.29, 1.82) is 0 Å². The number of primary amides is 2. The molecule has 0 aliphatic rings. The molecule has 0 saturated carbocycles. The highest BCUT2D eigenvalue weighted by molar-refractivity contribution is 6.07. The molecular weight excluding hydrogens is 252 g/mol. The number of benzene rings is 2. The summed E-state index contributed by atoms with van der Waals surface area (Å²) in [6.07, 6.45) is 0. The van der Waals surface area contributed by atoms with E-state index in [0.29, 0.717) is 5.56 Å². The minimum atomic E-state index is -0.652. The van der Waals surface area contributed by atoms with E-state index in [9.17, 15) is 9.59 Å². The second-order valence-corrected chi connectivity index (χ2v) is 4.63. The average molecular weight is 268 g/mol. The zero-order valence-corrected chi connectivity index (χ0v) is 11.2. The van der Waals surface area contributed by atoms with Crippen molar-refractivity contribution >= 4 is 11.8 Å². The van der Waals surface area contributed by atoms with Gasteiger partial charge >= 0.3 is 0 Å². The molecule has 102 valence electrons. The van der Waals surface area contributed by atoms with Gasteiger partial charge in [-0.2, -0.15) is 0 Å². The predicted octanol–water partition coefficient (Wildman–Crippen LogP) is 2.04. The molecule has 4 heteroatoms. The smallest absolute Gasteiger partial charge is 0.249 e. The Balaban J connectivity index is 2.60. The lowest BCUT2D eigenvalue weighted by molar-refractivity contribution is 0.0966. The maximum Gasteiger partial charge on any atom is 0.249 e. The molecule has 0 aliphatic heterocycles. The number of carbonyl (C=O) groups excluding carboxylic acids is 2. The molecule has 0 radical (unpaired) electrons. The lowest BCUT2D eigenvalue weighted by Crippen LogP contribution is -2.23. The summed E-state index contributed by atoms with van der Waals surface area (Å²) in [4.78, 5) is 23.1. The van der Waals surface area contributed by atoms with Gasteiger partial charge in [0.2, 0.25) is 11.8 Å². The Bertz CT molecular complexity index is 651. The first kappa shape index (κ1) is 13.8. The fourth-order valence-electron chi connectivity index (χ4n) is 2.33. The van der Waals surface area contributed by atoms with Gasteiger partial charge in [-0.25, -0.2) is 0 Å². The molecule has 2 aromatic carbocycles. The lowest BCUT2D eigenvalue weighted by atomic mass is 9.87. The number of nitrogens with two attached hydrogens (primary N) is 2. The molecule has 0 aliphatic carbocycles. The molecule has 2 amide bonds. The van der Waals surface area contributed by atoms with Crippen molar-refractivity contribution in [1.82, 2.24) is 0 Å². The van der Waals surface area contributed by atoms with Crippen LogP contribution in [0.3, 0.4) is 0 Å². The van der Waals surface area contributed by atoms with Crippen LogP contribution in [0.4, 0.5) is 0 Å². The second-order valence-electron chi connectivity index (χ2n) is 4.63. The first-order chi connectivity index (χ1) is 9.52. The van der Waals surface area contributed by atoms with Crippen molar-refractivity contribution in [2.45, 2.75) is 12.8 Å². The summed E-state index contributed by atoms with van der Waals surface area (Å²) in [5, 5.41) is 0. The van der Waals surface area contributed by atoms with Gasteiger partial charge in [-0.05, 0) is 17.2 Å². The molecule has 2 rings (SSSR count). The van der Waals surface area contributed by atoms with E-state index >= 15 is 0 Å². The highest BCUT2D eigenvalue weighted by atomic mass is 16.2. The highest BCUT2D eigenvalue weighted by Crippen LogP contribution is 2.28. The van der Waals surface area contributed by atoms with Crippen LogP contribution in [0.1, 0.15) is 44.7 Å². The van der Waals surface area contributed by atoms with Crippen molar-refractivity contribution in [2.24, 2.45) is 11.5 Å². The van der Waals surface area contributed by atoms with E-state index in [-0.39, 0.29) is 17.0 Å². The van der Waals surface area contributed by atoms with Crippen LogP contribution < -0.4 is 11.5 Å². The Morgan fingerprint density at radius 3 is 2.10 bits per heavy atom. The third kappa shape index (κ3) is 2.54. The van der Waals surface area contributed by atoms with E-state index in [1.165, 1.54) is 6.07 Å². The largest absolute Gasteiger partial charge is 0.366 e. The van der Waals surface area contributed by atoms with E-state index in [0.717, 1.165) is 5.56 Å². The molecule has 0 fully saturated rings. The molecular formula is C16H16N2O2. The summed E-state index contributed by atoms with van der Waals surface area (Å²) in [5.74, 6) is -1.35. The van der Waals surface area contributed by atoms with Gasteiger partial charge < -0.3 is 11.5 Å². The van der Waals surface area contributed by atoms with Gasteiger partial charge in [-0.1, -0.05) is 49.4 Å². The quantitative estimate of drug-likeness (QED) is 0.889. The molecule has 0 aromatic heterocycles. The number of hydrogen-bond donors (Lipinski definition) is 2.